The highest BCUT2D eigenvalue weighted by Gasteiger charge is 2.15. The summed E-state index contributed by atoms with van der Waals surface area (Å²) in [6, 6.07) is 7.71. The lowest BCUT2D eigenvalue weighted by atomic mass is 10.1. The molecule has 1 aromatic carbocycles. The van der Waals surface area contributed by atoms with Gasteiger partial charge in [-0.2, -0.15) is 0 Å². The Morgan fingerprint density at radius 1 is 1.13 bits per heavy atom. The lowest BCUT2D eigenvalue weighted by molar-refractivity contribution is 0.234. The summed E-state index contributed by atoms with van der Waals surface area (Å²) in [5.74, 6) is 0.314. The number of aromatic hydroxyl groups is 1. The molecule has 1 saturated heterocycles. The first kappa shape index (κ1) is 14.5. The summed E-state index contributed by atoms with van der Waals surface area (Å²) in [7, 11) is 0. The second-order valence-corrected chi connectivity index (χ2v) is 6.24. The first-order valence-electron chi connectivity index (χ1n) is 8.23. The zero-order valence-electron chi connectivity index (χ0n) is 13.4. The van der Waals surface area contributed by atoms with Crippen molar-refractivity contribution >= 4 is 21.8 Å². The number of nitrogens with one attached hydrogen (secondary N) is 1. The van der Waals surface area contributed by atoms with Crippen LogP contribution in [0.25, 0.3) is 21.8 Å². The van der Waals surface area contributed by atoms with Crippen molar-refractivity contribution in [2.45, 2.75) is 13.5 Å². The number of hydrogen-bond acceptors (Lipinski definition) is 4. The number of phenolic OH excluding ortho intramolecular Hbond substituents is 1. The molecule has 0 amide bonds. The van der Waals surface area contributed by atoms with E-state index in [9.17, 15) is 5.11 Å². The van der Waals surface area contributed by atoms with Crippen LogP contribution in [0.3, 0.4) is 0 Å². The maximum Gasteiger partial charge on any atom is 0.117 e. The van der Waals surface area contributed by atoms with Gasteiger partial charge in [0.05, 0.1) is 16.7 Å². The highest BCUT2D eigenvalue weighted by molar-refractivity contribution is 6.08. The van der Waals surface area contributed by atoms with Crippen LogP contribution in [0.15, 0.2) is 30.5 Å². The normalized spacial score (nSPS) is 16.4. The van der Waals surface area contributed by atoms with E-state index in [1.165, 1.54) is 16.3 Å². The molecule has 1 aliphatic heterocycles. The average molecular weight is 310 g/mol. The number of piperazine rings is 1. The zero-order chi connectivity index (χ0) is 15.8. The third kappa shape index (κ3) is 2.56. The third-order valence-corrected chi connectivity index (χ3v) is 4.79. The minimum absolute atomic E-state index is 0.314. The quantitative estimate of drug-likeness (QED) is 0.778. The third-order valence-electron chi connectivity index (χ3n) is 4.79. The summed E-state index contributed by atoms with van der Waals surface area (Å²) in [4.78, 5) is 6.96. The van der Waals surface area contributed by atoms with Crippen LogP contribution in [0.5, 0.6) is 5.75 Å². The average Bonchev–Trinajstić information content (AvgIpc) is 2.88. The Morgan fingerprint density at radius 3 is 2.78 bits per heavy atom. The molecule has 2 N–H and O–H groups in total. The van der Waals surface area contributed by atoms with Gasteiger partial charge in [0.25, 0.3) is 0 Å². The molecule has 0 radical (unpaired) electrons. The molecule has 1 fully saturated rings. The molecular formula is C18H22N4O. The number of fused-ring (bicyclic) bond motifs is 3. The first-order valence-corrected chi connectivity index (χ1v) is 8.23. The summed E-state index contributed by atoms with van der Waals surface area (Å²) in [5, 5.41) is 15.7. The maximum absolute atomic E-state index is 9.92. The number of rotatable bonds is 3. The minimum atomic E-state index is 0.314. The Hall–Kier alpha value is -2.11. The molecule has 120 valence electrons. The van der Waals surface area contributed by atoms with Gasteiger partial charge in [0.1, 0.15) is 5.75 Å². The largest absolute Gasteiger partial charge is 0.508 e. The van der Waals surface area contributed by atoms with E-state index in [0.29, 0.717) is 5.75 Å². The molecule has 1 aliphatic rings. The van der Waals surface area contributed by atoms with E-state index < -0.39 is 0 Å². The number of nitrogens with zero attached hydrogens (tertiary/aromatic N) is 3. The zero-order valence-corrected chi connectivity index (χ0v) is 13.4. The Balaban J connectivity index is 1.79. The topological polar surface area (TPSA) is 53.3 Å². The van der Waals surface area contributed by atoms with Crippen molar-refractivity contribution in [1.29, 1.82) is 0 Å². The van der Waals surface area contributed by atoms with Crippen LogP contribution in [-0.2, 0) is 6.54 Å². The second kappa shape index (κ2) is 5.83. The smallest absolute Gasteiger partial charge is 0.117 e. The lowest BCUT2D eigenvalue weighted by Gasteiger charge is -2.27. The Labute approximate surface area is 135 Å². The van der Waals surface area contributed by atoms with Crippen molar-refractivity contribution in [2.24, 2.45) is 0 Å². The summed E-state index contributed by atoms with van der Waals surface area (Å²) < 4.78 is 2.31. The molecule has 23 heavy (non-hydrogen) atoms. The standard InChI is InChI=1S/C18H22N4O/c1-13-18-16(4-5-20-13)15-3-2-14(23)12-17(15)22(18)11-10-21-8-6-19-7-9-21/h2-5,12,19,23H,6-11H2,1H3. The van der Waals surface area contributed by atoms with Gasteiger partial charge in [0, 0.05) is 62.3 Å². The molecule has 2 aromatic heterocycles. The van der Waals surface area contributed by atoms with Gasteiger partial charge in [-0.25, -0.2) is 0 Å². The molecule has 0 spiro atoms. The number of phenols is 1. The molecule has 3 heterocycles. The SMILES string of the molecule is Cc1nccc2c3ccc(O)cc3n(CCN3CCNCC3)c12. The van der Waals surface area contributed by atoms with E-state index in [2.05, 4.69) is 32.8 Å². The Bertz CT molecular complexity index is 849. The minimum Gasteiger partial charge on any atom is -0.508 e. The second-order valence-electron chi connectivity index (χ2n) is 6.24. The van der Waals surface area contributed by atoms with Gasteiger partial charge in [-0.15, -0.1) is 0 Å². The van der Waals surface area contributed by atoms with E-state index in [1.54, 1.807) is 6.07 Å². The fourth-order valence-electron chi connectivity index (χ4n) is 3.62. The monoisotopic (exact) mass is 310 g/mol. The van der Waals surface area contributed by atoms with Crippen LogP contribution >= 0.6 is 0 Å². The molecule has 5 heteroatoms. The van der Waals surface area contributed by atoms with Crippen molar-refractivity contribution in [2.75, 3.05) is 32.7 Å². The Kier molecular flexibility index (Phi) is 3.67. The summed E-state index contributed by atoms with van der Waals surface area (Å²) in [6.07, 6.45) is 1.87. The fourth-order valence-corrected chi connectivity index (χ4v) is 3.62. The summed E-state index contributed by atoms with van der Waals surface area (Å²) in [5.41, 5.74) is 3.31. The molecule has 3 aromatic rings. The van der Waals surface area contributed by atoms with Crippen molar-refractivity contribution in [1.82, 2.24) is 19.8 Å². The van der Waals surface area contributed by atoms with Crippen LogP contribution in [-0.4, -0.2) is 52.3 Å². The number of hydrogen-bond donors (Lipinski definition) is 2. The molecule has 0 unspecified atom stereocenters. The van der Waals surface area contributed by atoms with Crippen LogP contribution in [0, 0.1) is 6.92 Å². The Morgan fingerprint density at radius 2 is 1.96 bits per heavy atom. The van der Waals surface area contributed by atoms with E-state index in [1.807, 2.05) is 18.3 Å². The predicted octanol–water partition coefficient (Wildman–Crippen LogP) is 2.11. The molecule has 0 bridgehead atoms. The van der Waals surface area contributed by atoms with E-state index in [4.69, 9.17) is 0 Å². The van der Waals surface area contributed by atoms with Crippen molar-refractivity contribution in [3.05, 3.63) is 36.2 Å². The summed E-state index contributed by atoms with van der Waals surface area (Å²) in [6.45, 7) is 8.31. The lowest BCUT2D eigenvalue weighted by Crippen LogP contribution is -2.44. The number of aryl methyl sites for hydroxylation is 1. The van der Waals surface area contributed by atoms with Gasteiger partial charge >= 0.3 is 0 Å². The van der Waals surface area contributed by atoms with Gasteiger partial charge in [0.15, 0.2) is 0 Å². The van der Waals surface area contributed by atoms with Gasteiger partial charge in [-0.1, -0.05) is 0 Å². The summed E-state index contributed by atoms with van der Waals surface area (Å²) >= 11 is 0. The van der Waals surface area contributed by atoms with Crippen LogP contribution in [0.2, 0.25) is 0 Å². The van der Waals surface area contributed by atoms with Gasteiger partial charge in [0.2, 0.25) is 0 Å². The molecule has 0 aliphatic carbocycles. The van der Waals surface area contributed by atoms with Gasteiger partial charge in [-0.05, 0) is 25.1 Å². The van der Waals surface area contributed by atoms with Crippen molar-refractivity contribution < 1.29 is 5.11 Å². The molecule has 4 rings (SSSR count). The van der Waals surface area contributed by atoms with Crippen LogP contribution in [0.4, 0.5) is 0 Å². The van der Waals surface area contributed by atoms with E-state index in [0.717, 1.165) is 50.5 Å². The number of pyridine rings is 1. The fraction of sp³-hybridized carbons (Fsp3) is 0.389. The van der Waals surface area contributed by atoms with Gasteiger partial charge in [-0.3, -0.25) is 9.88 Å². The highest BCUT2D eigenvalue weighted by atomic mass is 16.3. The van der Waals surface area contributed by atoms with Crippen molar-refractivity contribution in [3.63, 3.8) is 0 Å². The number of benzene rings is 1. The molecular weight excluding hydrogens is 288 g/mol. The first-order chi connectivity index (χ1) is 11.2. The van der Waals surface area contributed by atoms with E-state index >= 15 is 0 Å². The van der Waals surface area contributed by atoms with Crippen LogP contribution in [0.1, 0.15) is 5.69 Å². The van der Waals surface area contributed by atoms with Gasteiger partial charge < -0.3 is 15.0 Å². The molecule has 0 saturated carbocycles. The molecule has 5 nitrogen and oxygen atoms in total. The maximum atomic E-state index is 9.92. The number of aromatic nitrogens is 2. The highest BCUT2D eigenvalue weighted by Crippen LogP contribution is 2.32. The van der Waals surface area contributed by atoms with Crippen LogP contribution < -0.4 is 5.32 Å². The predicted molar refractivity (Wildman–Crippen MR) is 93.0 cm³/mol. The molecule has 0 atom stereocenters. The van der Waals surface area contributed by atoms with E-state index in [-0.39, 0.29) is 0 Å². The van der Waals surface area contributed by atoms with Crippen molar-refractivity contribution in [3.8, 4) is 5.75 Å².